The number of nitrogens with two attached hydrogens (primary N) is 1. The van der Waals surface area contributed by atoms with Crippen LogP contribution in [-0.2, 0) is 9.84 Å². The zero-order chi connectivity index (χ0) is 16.8. The Labute approximate surface area is 140 Å². The Balaban J connectivity index is 1.98. The van der Waals surface area contributed by atoms with E-state index in [1.165, 1.54) is 12.1 Å². The van der Waals surface area contributed by atoms with Crippen molar-refractivity contribution in [2.45, 2.75) is 23.0 Å². The molecule has 0 aliphatic heterocycles. The van der Waals surface area contributed by atoms with Crippen LogP contribution in [0.1, 0.15) is 17.0 Å². The molecule has 2 N–H and O–H groups in total. The van der Waals surface area contributed by atoms with E-state index in [9.17, 15) is 12.8 Å². The van der Waals surface area contributed by atoms with Crippen LogP contribution in [0.5, 0.6) is 0 Å². The molecule has 0 radical (unpaired) electrons. The highest BCUT2D eigenvalue weighted by Gasteiger charge is 2.60. The number of thiocarbonyl (C=S) groups is 1. The molecule has 23 heavy (non-hydrogen) atoms. The van der Waals surface area contributed by atoms with E-state index in [1.54, 1.807) is 36.4 Å². The Morgan fingerprint density at radius 1 is 1.09 bits per heavy atom. The predicted octanol–water partition coefficient (Wildman–Crippen LogP) is 2.98. The second-order valence-electron chi connectivity index (χ2n) is 5.83. The van der Waals surface area contributed by atoms with E-state index in [2.05, 4.69) is 0 Å². The summed E-state index contributed by atoms with van der Waals surface area (Å²) in [6, 6.07) is 12.5. The van der Waals surface area contributed by atoms with E-state index < -0.39 is 21.0 Å². The lowest BCUT2D eigenvalue weighted by molar-refractivity contribution is 0.593. The average molecular weight is 349 g/mol. The highest BCUT2D eigenvalue weighted by Crippen LogP contribution is 2.54. The first kappa shape index (κ1) is 16.1. The molecule has 3 atom stereocenters. The number of benzene rings is 2. The minimum absolute atomic E-state index is 0.181. The van der Waals surface area contributed by atoms with Gasteiger partial charge >= 0.3 is 0 Å². The second-order valence-corrected chi connectivity index (χ2v) is 8.41. The van der Waals surface area contributed by atoms with Gasteiger partial charge < -0.3 is 5.73 Å². The molecule has 0 unspecified atom stereocenters. The van der Waals surface area contributed by atoms with Crippen molar-refractivity contribution in [3.63, 3.8) is 0 Å². The normalized spacial score (nSPS) is 23.5. The number of hydrogen-bond acceptors (Lipinski definition) is 3. The van der Waals surface area contributed by atoms with E-state index in [4.69, 9.17) is 18.0 Å². The lowest BCUT2D eigenvalue weighted by Gasteiger charge is -2.05. The van der Waals surface area contributed by atoms with Crippen molar-refractivity contribution < 1.29 is 12.8 Å². The third-order valence-corrected chi connectivity index (χ3v) is 6.75. The van der Waals surface area contributed by atoms with Gasteiger partial charge in [-0.2, -0.15) is 0 Å². The first-order valence-corrected chi connectivity index (χ1v) is 9.13. The smallest absolute Gasteiger partial charge is 0.182 e. The first-order chi connectivity index (χ1) is 10.8. The van der Waals surface area contributed by atoms with Gasteiger partial charge in [0.1, 0.15) is 5.82 Å². The molecular formula is C17H16FNO2S2. The molecule has 120 valence electrons. The number of halogens is 1. The Bertz CT molecular complexity index is 845. The molecule has 1 aliphatic carbocycles. The molecule has 3 nitrogen and oxygen atoms in total. The van der Waals surface area contributed by atoms with E-state index in [-0.39, 0.29) is 21.6 Å². The maximum Gasteiger partial charge on any atom is 0.182 e. The summed E-state index contributed by atoms with van der Waals surface area (Å²) in [6.45, 7) is 1.90. The van der Waals surface area contributed by atoms with Gasteiger partial charge in [-0.15, -0.1) is 0 Å². The molecule has 0 aromatic heterocycles. The lowest BCUT2D eigenvalue weighted by Crippen LogP contribution is -2.17. The van der Waals surface area contributed by atoms with Crippen molar-refractivity contribution in [1.29, 1.82) is 0 Å². The van der Waals surface area contributed by atoms with Crippen molar-refractivity contribution in [2.75, 3.05) is 0 Å². The first-order valence-electron chi connectivity index (χ1n) is 7.18. The highest BCUT2D eigenvalue weighted by atomic mass is 32.2. The largest absolute Gasteiger partial charge is 0.393 e. The molecule has 2 aromatic rings. The number of rotatable bonds is 4. The van der Waals surface area contributed by atoms with E-state index in [0.29, 0.717) is 0 Å². The molecule has 0 amide bonds. The topological polar surface area (TPSA) is 60.2 Å². The summed E-state index contributed by atoms with van der Waals surface area (Å²) in [6.07, 6.45) is 0. The minimum atomic E-state index is -3.55. The van der Waals surface area contributed by atoms with Crippen LogP contribution in [0.2, 0.25) is 0 Å². The summed E-state index contributed by atoms with van der Waals surface area (Å²) in [5.41, 5.74) is 7.46. The van der Waals surface area contributed by atoms with Gasteiger partial charge in [-0.3, -0.25) is 0 Å². The van der Waals surface area contributed by atoms with Crippen LogP contribution in [0.25, 0.3) is 0 Å². The molecule has 6 heteroatoms. The van der Waals surface area contributed by atoms with E-state index >= 15 is 0 Å². The van der Waals surface area contributed by atoms with Crippen molar-refractivity contribution >= 4 is 27.0 Å². The fourth-order valence-electron chi connectivity index (χ4n) is 2.98. The Hall–Kier alpha value is -1.79. The Morgan fingerprint density at radius 3 is 2.17 bits per heavy atom. The average Bonchev–Trinajstić information content (AvgIpc) is 3.25. The Kier molecular flexibility index (Phi) is 3.98. The summed E-state index contributed by atoms with van der Waals surface area (Å²) in [5, 5.41) is -0.687. The molecule has 0 heterocycles. The van der Waals surface area contributed by atoms with E-state index in [0.717, 1.165) is 11.1 Å². The van der Waals surface area contributed by atoms with E-state index in [1.807, 2.05) is 6.92 Å². The molecule has 0 saturated heterocycles. The van der Waals surface area contributed by atoms with Gasteiger partial charge in [-0.25, -0.2) is 12.8 Å². The molecule has 3 rings (SSSR count). The summed E-state index contributed by atoms with van der Waals surface area (Å²) in [5.74, 6) is -1.10. The third-order valence-electron chi connectivity index (χ3n) is 4.25. The van der Waals surface area contributed by atoms with Crippen molar-refractivity contribution in [2.24, 2.45) is 11.7 Å². The molecule has 1 saturated carbocycles. The van der Waals surface area contributed by atoms with Crippen molar-refractivity contribution in [3.05, 3.63) is 65.5 Å². The number of sulfone groups is 1. The molecule has 1 aliphatic rings. The lowest BCUT2D eigenvalue weighted by atomic mass is 10.1. The van der Waals surface area contributed by atoms with Crippen LogP contribution in [0, 0.1) is 18.7 Å². The van der Waals surface area contributed by atoms with Crippen LogP contribution in [0.15, 0.2) is 53.4 Å². The zero-order valence-corrected chi connectivity index (χ0v) is 14.1. The zero-order valence-electron chi connectivity index (χ0n) is 12.4. The minimum Gasteiger partial charge on any atom is -0.393 e. The van der Waals surface area contributed by atoms with Gasteiger partial charge in [-0.1, -0.05) is 42.0 Å². The number of aryl methyl sites for hydroxylation is 1. The summed E-state index contributed by atoms with van der Waals surface area (Å²) in [4.78, 5) is 0.443. The third kappa shape index (κ3) is 2.88. The van der Waals surface area contributed by atoms with Gasteiger partial charge in [0.2, 0.25) is 0 Å². The summed E-state index contributed by atoms with van der Waals surface area (Å²) >= 11 is 5.04. The van der Waals surface area contributed by atoms with Gasteiger partial charge in [0.15, 0.2) is 9.84 Å². The quantitative estimate of drug-likeness (QED) is 0.862. The van der Waals surface area contributed by atoms with Crippen LogP contribution in [0.4, 0.5) is 4.39 Å². The van der Waals surface area contributed by atoms with Crippen molar-refractivity contribution in [1.82, 2.24) is 0 Å². The molecule has 2 aromatic carbocycles. The van der Waals surface area contributed by atoms with Crippen LogP contribution in [0.3, 0.4) is 0 Å². The van der Waals surface area contributed by atoms with Crippen LogP contribution < -0.4 is 5.73 Å². The van der Waals surface area contributed by atoms with Crippen molar-refractivity contribution in [3.8, 4) is 0 Å². The summed E-state index contributed by atoms with van der Waals surface area (Å²) < 4.78 is 38.9. The fraction of sp³-hybridized carbons (Fsp3) is 0.235. The fourth-order valence-corrected chi connectivity index (χ4v) is 5.51. The second kappa shape index (κ2) is 5.69. The molecule has 0 spiro atoms. The highest BCUT2D eigenvalue weighted by molar-refractivity contribution is 7.92. The van der Waals surface area contributed by atoms with Crippen LogP contribution in [-0.4, -0.2) is 18.7 Å². The standard InChI is InChI=1S/C17H16FNO2S2/c1-10-2-8-13(9-3-10)23(20,21)16-14(15(16)17(19)22)11-4-6-12(18)7-5-11/h2-9,14-16H,1H3,(H2,19,22)/t14-,15+,16+/m1/s1. The van der Waals surface area contributed by atoms with Gasteiger partial charge in [0.25, 0.3) is 0 Å². The molecular weight excluding hydrogens is 333 g/mol. The maximum absolute atomic E-state index is 13.1. The molecule has 1 fully saturated rings. The number of hydrogen-bond donors (Lipinski definition) is 1. The monoisotopic (exact) mass is 349 g/mol. The Morgan fingerprint density at radius 2 is 1.65 bits per heavy atom. The predicted molar refractivity (Wildman–Crippen MR) is 91.6 cm³/mol. The molecule has 0 bridgehead atoms. The summed E-state index contributed by atoms with van der Waals surface area (Å²) in [7, 11) is -3.55. The van der Waals surface area contributed by atoms with Gasteiger partial charge in [-0.05, 0) is 36.8 Å². The van der Waals surface area contributed by atoms with Crippen LogP contribution >= 0.6 is 12.2 Å². The SMILES string of the molecule is Cc1ccc(S(=O)(=O)[C@@H]2[C@@H](C(N)=S)[C@H]2c2ccc(F)cc2)cc1. The van der Waals surface area contributed by atoms with Gasteiger partial charge in [0, 0.05) is 11.8 Å². The maximum atomic E-state index is 13.1. The van der Waals surface area contributed by atoms with Gasteiger partial charge in [0.05, 0.1) is 15.1 Å².